The lowest BCUT2D eigenvalue weighted by Crippen LogP contribution is -2.31. The minimum absolute atomic E-state index is 0.167. The van der Waals surface area contributed by atoms with Crippen molar-refractivity contribution in [3.8, 4) is 0 Å². The molecule has 1 unspecified atom stereocenters. The van der Waals surface area contributed by atoms with Crippen molar-refractivity contribution in [3.05, 3.63) is 35.4 Å². The fourth-order valence-electron chi connectivity index (χ4n) is 2.78. The van der Waals surface area contributed by atoms with Gasteiger partial charge in [0.25, 0.3) is 0 Å². The molecule has 0 amide bonds. The van der Waals surface area contributed by atoms with Gasteiger partial charge in [-0.25, -0.2) is 0 Å². The van der Waals surface area contributed by atoms with Gasteiger partial charge in [-0.05, 0) is 43.7 Å². The van der Waals surface area contributed by atoms with Crippen molar-refractivity contribution in [1.29, 1.82) is 0 Å². The Hall–Kier alpha value is -0.900. The lowest BCUT2D eigenvalue weighted by molar-refractivity contribution is -0.0691. The number of hydrogen-bond donors (Lipinski definition) is 1. The van der Waals surface area contributed by atoms with Crippen molar-refractivity contribution in [3.63, 3.8) is 0 Å². The SMILES string of the molecule is Cc1ccccc1C(CNC1CC1)OC1CCOCC1. The molecule has 3 heteroatoms. The van der Waals surface area contributed by atoms with Gasteiger partial charge in [0.2, 0.25) is 0 Å². The number of ether oxygens (including phenoxy) is 2. The van der Waals surface area contributed by atoms with Crippen molar-refractivity contribution in [2.45, 2.75) is 50.9 Å². The topological polar surface area (TPSA) is 30.5 Å². The Balaban J connectivity index is 1.66. The van der Waals surface area contributed by atoms with Gasteiger partial charge in [0.1, 0.15) is 0 Å². The second-order valence-corrected chi connectivity index (χ2v) is 5.98. The summed E-state index contributed by atoms with van der Waals surface area (Å²) in [5.74, 6) is 0. The first kappa shape index (κ1) is 14.1. The van der Waals surface area contributed by atoms with E-state index < -0.39 is 0 Å². The van der Waals surface area contributed by atoms with E-state index in [0.29, 0.717) is 6.10 Å². The second-order valence-electron chi connectivity index (χ2n) is 5.98. The number of benzene rings is 1. The van der Waals surface area contributed by atoms with E-state index in [1.807, 2.05) is 0 Å². The van der Waals surface area contributed by atoms with Crippen LogP contribution >= 0.6 is 0 Å². The summed E-state index contributed by atoms with van der Waals surface area (Å²) in [4.78, 5) is 0. The van der Waals surface area contributed by atoms with Crippen LogP contribution in [0.2, 0.25) is 0 Å². The van der Waals surface area contributed by atoms with Gasteiger partial charge in [-0.15, -0.1) is 0 Å². The Morgan fingerprint density at radius 1 is 1.20 bits per heavy atom. The van der Waals surface area contributed by atoms with E-state index in [0.717, 1.165) is 38.6 Å². The summed E-state index contributed by atoms with van der Waals surface area (Å²) in [5, 5.41) is 3.62. The molecule has 3 nitrogen and oxygen atoms in total. The molecule has 1 atom stereocenters. The van der Waals surface area contributed by atoms with Crippen LogP contribution in [0.1, 0.15) is 42.9 Å². The molecule has 1 aromatic rings. The minimum atomic E-state index is 0.167. The van der Waals surface area contributed by atoms with Crippen molar-refractivity contribution in [1.82, 2.24) is 5.32 Å². The third-order valence-corrected chi connectivity index (χ3v) is 4.23. The molecule has 1 saturated heterocycles. The van der Waals surface area contributed by atoms with E-state index in [1.54, 1.807) is 0 Å². The van der Waals surface area contributed by atoms with Crippen LogP contribution < -0.4 is 5.32 Å². The molecule has 1 aromatic carbocycles. The zero-order chi connectivity index (χ0) is 13.8. The summed E-state index contributed by atoms with van der Waals surface area (Å²) in [6.07, 6.45) is 5.18. The number of nitrogens with one attached hydrogen (secondary N) is 1. The molecular weight excluding hydrogens is 250 g/mol. The lowest BCUT2D eigenvalue weighted by Gasteiger charge is -2.29. The summed E-state index contributed by atoms with van der Waals surface area (Å²) < 4.78 is 11.8. The highest BCUT2D eigenvalue weighted by molar-refractivity contribution is 5.28. The molecular formula is C17H25NO2. The molecule has 1 heterocycles. The van der Waals surface area contributed by atoms with Crippen LogP contribution in [0.25, 0.3) is 0 Å². The van der Waals surface area contributed by atoms with Crippen LogP contribution in [0.3, 0.4) is 0 Å². The highest BCUT2D eigenvalue weighted by Gasteiger charge is 2.25. The molecule has 0 radical (unpaired) electrons. The molecule has 0 spiro atoms. The Kier molecular flexibility index (Phi) is 4.71. The molecule has 1 aliphatic carbocycles. The van der Waals surface area contributed by atoms with Crippen LogP contribution in [0.5, 0.6) is 0 Å². The zero-order valence-electron chi connectivity index (χ0n) is 12.3. The number of aryl methyl sites for hydroxylation is 1. The molecule has 1 N–H and O–H groups in total. The van der Waals surface area contributed by atoms with Crippen molar-refractivity contribution in [2.24, 2.45) is 0 Å². The first-order valence-corrected chi connectivity index (χ1v) is 7.85. The van der Waals surface area contributed by atoms with Gasteiger partial charge < -0.3 is 14.8 Å². The van der Waals surface area contributed by atoms with E-state index in [1.165, 1.54) is 24.0 Å². The molecule has 0 bridgehead atoms. The fourth-order valence-corrected chi connectivity index (χ4v) is 2.78. The third-order valence-electron chi connectivity index (χ3n) is 4.23. The van der Waals surface area contributed by atoms with E-state index in [4.69, 9.17) is 9.47 Å². The summed E-state index contributed by atoms with van der Waals surface area (Å²) >= 11 is 0. The maximum Gasteiger partial charge on any atom is 0.0955 e. The highest BCUT2D eigenvalue weighted by atomic mass is 16.5. The molecule has 0 aromatic heterocycles. The van der Waals surface area contributed by atoms with Crippen molar-refractivity contribution in [2.75, 3.05) is 19.8 Å². The van der Waals surface area contributed by atoms with Crippen LogP contribution in [0, 0.1) is 6.92 Å². The van der Waals surface area contributed by atoms with Crippen LogP contribution in [0.15, 0.2) is 24.3 Å². The first-order chi connectivity index (χ1) is 9.83. The lowest BCUT2D eigenvalue weighted by atomic mass is 10.0. The maximum atomic E-state index is 6.39. The van der Waals surface area contributed by atoms with Gasteiger partial charge >= 0.3 is 0 Å². The van der Waals surface area contributed by atoms with Crippen molar-refractivity contribution >= 4 is 0 Å². The third kappa shape index (κ3) is 3.81. The molecule has 2 fully saturated rings. The van der Waals surface area contributed by atoms with Crippen LogP contribution in [0.4, 0.5) is 0 Å². The molecule has 110 valence electrons. The monoisotopic (exact) mass is 275 g/mol. The fraction of sp³-hybridized carbons (Fsp3) is 0.647. The van der Waals surface area contributed by atoms with E-state index >= 15 is 0 Å². The van der Waals surface area contributed by atoms with E-state index in [2.05, 4.69) is 36.5 Å². The van der Waals surface area contributed by atoms with E-state index in [9.17, 15) is 0 Å². The predicted octanol–water partition coefficient (Wildman–Crippen LogP) is 2.98. The van der Waals surface area contributed by atoms with Gasteiger partial charge in [-0.2, -0.15) is 0 Å². The quantitative estimate of drug-likeness (QED) is 0.866. The second kappa shape index (κ2) is 6.70. The maximum absolute atomic E-state index is 6.39. The van der Waals surface area contributed by atoms with Crippen LogP contribution in [-0.2, 0) is 9.47 Å². The standard InChI is InChI=1S/C17H25NO2/c1-13-4-2-3-5-16(13)17(12-18-14-6-7-14)20-15-8-10-19-11-9-15/h2-5,14-15,17-18H,6-12H2,1H3. The summed E-state index contributed by atoms with van der Waals surface area (Å²) in [5.41, 5.74) is 2.65. The van der Waals surface area contributed by atoms with Gasteiger partial charge in [-0.3, -0.25) is 0 Å². The van der Waals surface area contributed by atoms with Crippen molar-refractivity contribution < 1.29 is 9.47 Å². The molecule has 1 aliphatic heterocycles. The van der Waals surface area contributed by atoms with E-state index in [-0.39, 0.29) is 6.10 Å². The van der Waals surface area contributed by atoms with Gasteiger partial charge in [0, 0.05) is 25.8 Å². The highest BCUT2D eigenvalue weighted by Crippen LogP contribution is 2.27. The molecule has 20 heavy (non-hydrogen) atoms. The predicted molar refractivity (Wildman–Crippen MR) is 79.9 cm³/mol. The molecule has 3 rings (SSSR count). The minimum Gasteiger partial charge on any atom is -0.381 e. The van der Waals surface area contributed by atoms with Gasteiger partial charge in [0.05, 0.1) is 12.2 Å². The average molecular weight is 275 g/mol. The smallest absolute Gasteiger partial charge is 0.0955 e. The Bertz CT molecular complexity index is 425. The Labute approximate surface area is 121 Å². The first-order valence-electron chi connectivity index (χ1n) is 7.85. The van der Waals surface area contributed by atoms with Crippen LogP contribution in [-0.4, -0.2) is 31.9 Å². The number of hydrogen-bond acceptors (Lipinski definition) is 3. The summed E-state index contributed by atoms with van der Waals surface area (Å²) in [7, 11) is 0. The van der Waals surface area contributed by atoms with Gasteiger partial charge in [-0.1, -0.05) is 24.3 Å². The largest absolute Gasteiger partial charge is 0.381 e. The molecule has 2 aliphatic rings. The summed E-state index contributed by atoms with van der Waals surface area (Å²) in [6, 6.07) is 9.30. The Morgan fingerprint density at radius 3 is 2.65 bits per heavy atom. The number of rotatable bonds is 6. The normalized spacial score (nSPS) is 21.9. The molecule has 1 saturated carbocycles. The zero-order valence-corrected chi connectivity index (χ0v) is 12.3. The Morgan fingerprint density at radius 2 is 1.95 bits per heavy atom. The van der Waals surface area contributed by atoms with Gasteiger partial charge in [0.15, 0.2) is 0 Å². The summed E-state index contributed by atoms with van der Waals surface area (Å²) in [6.45, 7) is 4.77. The average Bonchev–Trinajstić information content (AvgIpc) is 3.29.